The molecule has 0 amide bonds. The van der Waals surface area contributed by atoms with Gasteiger partial charge in [-0.05, 0) is 191 Å². The van der Waals surface area contributed by atoms with Crippen LogP contribution in [0.1, 0.15) is 108 Å². The Hall–Kier alpha value is -4.62. The monoisotopic (exact) mass is 743 g/mol. The highest BCUT2D eigenvalue weighted by Crippen LogP contribution is 2.79. The Kier molecular flexibility index (Phi) is 7.66. The molecular weight excluding hydrogens is 687 g/mol. The van der Waals surface area contributed by atoms with Gasteiger partial charge >= 0.3 is 0 Å². The molecule has 5 fully saturated rings. The molecule has 5 atom stereocenters. The lowest BCUT2D eigenvalue weighted by atomic mass is 9.55. The standard InChI is InChI=1S/C56H57N/c1-54(2)52-11-7-6-10-50(52)51-29-28-49(32-53(51)54)57(47-24-18-42(19-25-47)38-8-4-3-5-9-38)48-26-20-43(21-27-48)40-14-12-39(13-15-40)41-16-22-44(23-17-41)55-33-37-30-45-31-46(35-55)56(45,34-37)36-55/h4,6-17,20-23,26-29,32,37,42,45-47H,3,5,18-19,24-25,30-31,33-36H2,1-2H3. The van der Waals surface area contributed by atoms with E-state index in [1.54, 1.807) is 17.6 Å². The van der Waals surface area contributed by atoms with E-state index in [2.05, 4.69) is 152 Å². The van der Waals surface area contributed by atoms with Crippen molar-refractivity contribution in [1.82, 2.24) is 0 Å². The van der Waals surface area contributed by atoms with Crippen LogP contribution in [0.5, 0.6) is 0 Å². The van der Waals surface area contributed by atoms with Crippen molar-refractivity contribution < 1.29 is 0 Å². The largest absolute Gasteiger partial charge is 0.338 e. The van der Waals surface area contributed by atoms with Crippen LogP contribution in [-0.4, -0.2) is 6.04 Å². The summed E-state index contributed by atoms with van der Waals surface area (Å²) < 4.78 is 0. The second kappa shape index (κ2) is 12.7. The van der Waals surface area contributed by atoms with Crippen molar-refractivity contribution in [2.75, 3.05) is 4.90 Å². The normalized spacial score (nSPS) is 31.0. The smallest absolute Gasteiger partial charge is 0.0416 e. The first-order chi connectivity index (χ1) is 27.9. The predicted molar refractivity (Wildman–Crippen MR) is 238 cm³/mol. The van der Waals surface area contributed by atoms with E-state index in [0.717, 1.165) is 23.2 Å². The number of nitrogens with zero attached hydrogens (tertiary/aromatic N) is 1. The number of hydrogen-bond acceptors (Lipinski definition) is 1. The molecule has 0 heterocycles. The van der Waals surface area contributed by atoms with E-state index in [-0.39, 0.29) is 5.41 Å². The van der Waals surface area contributed by atoms with Crippen molar-refractivity contribution in [2.24, 2.45) is 29.1 Å². The summed E-state index contributed by atoms with van der Waals surface area (Å²) in [6.45, 7) is 4.81. The SMILES string of the molecule is CC1(C)c2ccccc2-c2ccc(N(c3ccc(-c4ccc(-c5ccc(C67CC8CC9CC(C6)C9(C8)C7)cc5)cc4)cc3)C3CCC(C4=CCCC=C4)CC3)cc21. The van der Waals surface area contributed by atoms with Crippen molar-refractivity contribution in [1.29, 1.82) is 0 Å². The molecule has 0 aromatic heterocycles. The van der Waals surface area contributed by atoms with Crippen LogP contribution >= 0.6 is 0 Å². The first kappa shape index (κ1) is 34.4. The van der Waals surface area contributed by atoms with Gasteiger partial charge in [0.2, 0.25) is 0 Å². The summed E-state index contributed by atoms with van der Waals surface area (Å²) >= 11 is 0. The van der Waals surface area contributed by atoms with E-state index in [0.29, 0.717) is 17.4 Å². The fourth-order valence-corrected chi connectivity index (χ4v) is 14.4. The number of fused-ring (bicyclic) bond motifs is 5. The fourth-order valence-electron chi connectivity index (χ4n) is 14.4. The van der Waals surface area contributed by atoms with E-state index >= 15 is 0 Å². The van der Waals surface area contributed by atoms with Gasteiger partial charge < -0.3 is 4.90 Å². The second-order valence-electron chi connectivity index (χ2n) is 20.2. The van der Waals surface area contributed by atoms with Crippen LogP contribution in [0.25, 0.3) is 33.4 Å². The number of allylic oxidation sites excluding steroid dienone is 4. The Labute approximate surface area is 340 Å². The summed E-state index contributed by atoms with van der Waals surface area (Å²) in [6, 6.07) is 45.5. The molecular formula is C56H57N. The molecule has 0 radical (unpaired) electrons. The van der Waals surface area contributed by atoms with Gasteiger partial charge in [-0.25, -0.2) is 0 Å². The number of hydrogen-bond donors (Lipinski definition) is 0. The van der Waals surface area contributed by atoms with Crippen molar-refractivity contribution in [3.63, 3.8) is 0 Å². The van der Waals surface area contributed by atoms with Crippen LogP contribution < -0.4 is 4.90 Å². The Morgan fingerprint density at radius 3 is 1.96 bits per heavy atom. The highest BCUT2D eigenvalue weighted by atomic mass is 15.2. The van der Waals surface area contributed by atoms with Gasteiger partial charge in [0.15, 0.2) is 0 Å². The minimum absolute atomic E-state index is 0.0163. The highest BCUT2D eigenvalue weighted by Gasteiger charge is 2.70. The lowest BCUT2D eigenvalue weighted by Gasteiger charge is -2.49. The van der Waals surface area contributed by atoms with Gasteiger partial charge in [-0.1, -0.05) is 123 Å². The predicted octanol–water partition coefficient (Wildman–Crippen LogP) is 14.8. The van der Waals surface area contributed by atoms with Gasteiger partial charge in [0.05, 0.1) is 0 Å². The van der Waals surface area contributed by atoms with Gasteiger partial charge in [-0.2, -0.15) is 0 Å². The maximum absolute atomic E-state index is 2.70. The van der Waals surface area contributed by atoms with Crippen LogP contribution in [-0.2, 0) is 10.8 Å². The Bertz CT molecular complexity index is 2420. The van der Waals surface area contributed by atoms with E-state index < -0.39 is 0 Å². The number of rotatable bonds is 7. The van der Waals surface area contributed by atoms with E-state index in [4.69, 9.17) is 0 Å². The maximum Gasteiger partial charge on any atom is 0.0416 e. The zero-order valence-corrected chi connectivity index (χ0v) is 34.0. The number of anilines is 2. The molecule has 3 bridgehead atoms. The molecule has 0 aliphatic heterocycles. The third-order valence-electron chi connectivity index (χ3n) is 17.1. The number of benzene rings is 5. The highest BCUT2D eigenvalue weighted by molar-refractivity contribution is 5.83. The molecule has 1 spiro atoms. The molecule has 5 aromatic carbocycles. The molecule has 7 aliphatic carbocycles. The summed E-state index contributed by atoms with van der Waals surface area (Å²) in [4.78, 5) is 2.70. The van der Waals surface area contributed by atoms with Crippen LogP contribution in [0.3, 0.4) is 0 Å². The fraction of sp³-hybridized carbons (Fsp3) is 0.393. The molecule has 5 aromatic rings. The van der Waals surface area contributed by atoms with Gasteiger partial charge in [0.1, 0.15) is 0 Å². The van der Waals surface area contributed by atoms with Gasteiger partial charge in [-0.15, -0.1) is 0 Å². The van der Waals surface area contributed by atoms with Crippen molar-refractivity contribution in [3.8, 4) is 33.4 Å². The van der Waals surface area contributed by atoms with Crippen molar-refractivity contribution in [2.45, 2.75) is 108 Å². The zero-order valence-electron chi connectivity index (χ0n) is 34.0. The molecule has 5 unspecified atom stereocenters. The van der Waals surface area contributed by atoms with Crippen molar-refractivity contribution in [3.05, 3.63) is 156 Å². The molecule has 1 nitrogen and oxygen atoms in total. The average molecular weight is 744 g/mol. The molecule has 0 N–H and O–H groups in total. The molecule has 12 rings (SSSR count). The van der Waals surface area contributed by atoms with Crippen LogP contribution in [0.15, 0.2) is 139 Å². The Morgan fingerprint density at radius 1 is 0.579 bits per heavy atom. The lowest BCUT2D eigenvalue weighted by Crippen LogP contribution is -2.42. The summed E-state index contributed by atoms with van der Waals surface area (Å²) in [5.41, 5.74) is 18.0. The minimum Gasteiger partial charge on any atom is -0.338 e. The van der Waals surface area contributed by atoms with E-state index in [1.807, 2.05) is 0 Å². The quantitative estimate of drug-likeness (QED) is 0.160. The molecule has 286 valence electrons. The summed E-state index contributed by atoms with van der Waals surface area (Å²) in [5, 5.41) is 0. The Morgan fingerprint density at radius 2 is 1.25 bits per heavy atom. The summed E-state index contributed by atoms with van der Waals surface area (Å²) in [7, 11) is 0. The van der Waals surface area contributed by atoms with E-state index in [9.17, 15) is 0 Å². The molecule has 0 saturated heterocycles. The topological polar surface area (TPSA) is 3.24 Å². The third-order valence-corrected chi connectivity index (χ3v) is 17.1. The minimum atomic E-state index is -0.0163. The maximum atomic E-state index is 2.70. The first-order valence-electron chi connectivity index (χ1n) is 22.6. The van der Waals surface area contributed by atoms with E-state index in [1.165, 1.54) is 127 Å². The summed E-state index contributed by atoms with van der Waals surface area (Å²) in [5.74, 6) is 3.77. The third kappa shape index (κ3) is 5.26. The second-order valence-corrected chi connectivity index (χ2v) is 20.2. The van der Waals surface area contributed by atoms with Gasteiger partial charge in [0.25, 0.3) is 0 Å². The molecule has 57 heavy (non-hydrogen) atoms. The van der Waals surface area contributed by atoms with Crippen molar-refractivity contribution >= 4 is 11.4 Å². The molecule has 7 aliphatic rings. The molecule has 5 saturated carbocycles. The lowest BCUT2D eigenvalue weighted by molar-refractivity contribution is -0.000160. The summed E-state index contributed by atoms with van der Waals surface area (Å²) in [6.07, 6.45) is 23.7. The van der Waals surface area contributed by atoms with Crippen LogP contribution in [0.4, 0.5) is 11.4 Å². The van der Waals surface area contributed by atoms with Crippen LogP contribution in [0, 0.1) is 29.1 Å². The Balaban J connectivity index is 0.809. The van der Waals surface area contributed by atoms with Gasteiger partial charge in [0, 0.05) is 22.8 Å². The van der Waals surface area contributed by atoms with Crippen LogP contribution in [0.2, 0.25) is 0 Å². The molecule has 1 heteroatoms. The average Bonchev–Trinajstić information content (AvgIpc) is 3.70. The zero-order chi connectivity index (χ0) is 37.9. The van der Waals surface area contributed by atoms with Gasteiger partial charge in [-0.3, -0.25) is 0 Å². The first-order valence-corrected chi connectivity index (χ1v) is 22.6.